The van der Waals surface area contributed by atoms with Gasteiger partial charge < -0.3 is 15.0 Å². The van der Waals surface area contributed by atoms with E-state index in [1.165, 1.54) is 17.5 Å². The average molecular weight is 322 g/mol. The Labute approximate surface area is 142 Å². The molecule has 4 heteroatoms. The van der Waals surface area contributed by atoms with Crippen LogP contribution in [0.5, 0.6) is 0 Å². The van der Waals surface area contributed by atoms with E-state index in [-0.39, 0.29) is 5.91 Å². The van der Waals surface area contributed by atoms with E-state index in [4.69, 9.17) is 4.74 Å². The van der Waals surface area contributed by atoms with Crippen molar-refractivity contribution in [2.75, 3.05) is 36.5 Å². The third-order valence-corrected chi connectivity index (χ3v) is 4.84. The van der Waals surface area contributed by atoms with Gasteiger partial charge in [-0.25, -0.2) is 0 Å². The van der Waals surface area contributed by atoms with E-state index < -0.39 is 0 Å². The highest BCUT2D eigenvalue weighted by Crippen LogP contribution is 2.25. The highest BCUT2D eigenvalue weighted by Gasteiger charge is 2.15. The van der Waals surface area contributed by atoms with Crippen LogP contribution < -0.4 is 10.2 Å². The average Bonchev–Trinajstić information content (AvgIpc) is 3.10. The number of hydrogen-bond donors (Lipinski definition) is 1. The molecule has 1 aliphatic heterocycles. The number of carbonyl (C=O) groups excluding carboxylic acids is 1. The number of carbonyl (C=O) groups is 1. The molecule has 0 bridgehead atoms. The number of nitrogens with one attached hydrogen (secondary N) is 1. The van der Waals surface area contributed by atoms with Gasteiger partial charge in [0.15, 0.2) is 0 Å². The summed E-state index contributed by atoms with van der Waals surface area (Å²) in [6, 6.07) is 14.1. The summed E-state index contributed by atoms with van der Waals surface area (Å²) in [6.45, 7) is 3.23. The molecule has 24 heavy (non-hydrogen) atoms. The lowest BCUT2D eigenvalue weighted by atomic mass is 10.1. The smallest absolute Gasteiger partial charge is 0.255 e. The minimum Gasteiger partial charge on any atom is -0.378 e. The van der Waals surface area contributed by atoms with Crippen LogP contribution >= 0.6 is 0 Å². The SMILES string of the molecule is O=C(Nc1ccc2c(c1)CCC2)c1cccc(N2CCOCC2)c1. The molecule has 1 saturated heterocycles. The Balaban J connectivity index is 1.50. The topological polar surface area (TPSA) is 41.6 Å². The van der Waals surface area contributed by atoms with Gasteiger partial charge in [0.25, 0.3) is 5.91 Å². The van der Waals surface area contributed by atoms with Crippen molar-refractivity contribution < 1.29 is 9.53 Å². The Morgan fingerprint density at radius 1 is 1.00 bits per heavy atom. The summed E-state index contributed by atoms with van der Waals surface area (Å²) >= 11 is 0. The first kappa shape index (κ1) is 15.2. The Morgan fingerprint density at radius 3 is 2.71 bits per heavy atom. The fraction of sp³-hybridized carbons (Fsp3) is 0.350. The second-order valence-corrected chi connectivity index (χ2v) is 6.44. The minimum atomic E-state index is -0.0527. The number of ether oxygens (including phenoxy) is 1. The standard InChI is InChI=1S/C20H22N2O2/c23-20(21-18-8-7-15-3-1-4-16(15)13-18)17-5-2-6-19(14-17)22-9-11-24-12-10-22/h2,5-8,13-14H,1,3-4,9-12H2,(H,21,23). The molecule has 4 rings (SSSR count). The van der Waals surface area contributed by atoms with E-state index in [1.54, 1.807) is 0 Å². The van der Waals surface area contributed by atoms with Crippen molar-refractivity contribution in [2.24, 2.45) is 0 Å². The van der Waals surface area contributed by atoms with Gasteiger partial charge in [-0.15, -0.1) is 0 Å². The number of anilines is 2. The quantitative estimate of drug-likeness (QED) is 0.943. The maximum Gasteiger partial charge on any atom is 0.255 e. The van der Waals surface area contributed by atoms with Crippen LogP contribution in [0.25, 0.3) is 0 Å². The van der Waals surface area contributed by atoms with Gasteiger partial charge in [-0.05, 0) is 60.7 Å². The van der Waals surface area contributed by atoms with E-state index in [1.807, 2.05) is 24.3 Å². The summed E-state index contributed by atoms with van der Waals surface area (Å²) in [5, 5.41) is 3.04. The lowest BCUT2D eigenvalue weighted by molar-refractivity contribution is 0.102. The van der Waals surface area contributed by atoms with Crippen molar-refractivity contribution in [3.8, 4) is 0 Å². The van der Waals surface area contributed by atoms with Gasteiger partial charge in [0.05, 0.1) is 13.2 Å². The Bertz CT molecular complexity index is 751. The zero-order valence-corrected chi connectivity index (χ0v) is 13.8. The third kappa shape index (κ3) is 3.15. The Kier molecular flexibility index (Phi) is 4.22. The van der Waals surface area contributed by atoms with Gasteiger partial charge in [0, 0.05) is 30.0 Å². The summed E-state index contributed by atoms with van der Waals surface area (Å²) in [5.74, 6) is -0.0527. The van der Waals surface area contributed by atoms with Crippen molar-refractivity contribution in [3.05, 3.63) is 59.2 Å². The van der Waals surface area contributed by atoms with Gasteiger partial charge in [-0.2, -0.15) is 0 Å². The first-order chi connectivity index (χ1) is 11.8. The fourth-order valence-electron chi connectivity index (χ4n) is 3.52. The molecule has 124 valence electrons. The number of fused-ring (bicyclic) bond motifs is 1. The lowest BCUT2D eigenvalue weighted by Gasteiger charge is -2.29. The maximum absolute atomic E-state index is 12.6. The molecule has 0 aromatic heterocycles. The zero-order valence-electron chi connectivity index (χ0n) is 13.8. The Morgan fingerprint density at radius 2 is 1.83 bits per heavy atom. The van der Waals surface area contributed by atoms with E-state index in [9.17, 15) is 4.79 Å². The molecule has 1 fully saturated rings. The van der Waals surface area contributed by atoms with Crippen molar-refractivity contribution in [2.45, 2.75) is 19.3 Å². The number of nitrogens with zero attached hydrogens (tertiary/aromatic N) is 1. The highest BCUT2D eigenvalue weighted by molar-refractivity contribution is 6.04. The summed E-state index contributed by atoms with van der Waals surface area (Å²) in [4.78, 5) is 14.9. The normalized spacial score (nSPS) is 16.8. The monoisotopic (exact) mass is 322 g/mol. The lowest BCUT2D eigenvalue weighted by Crippen LogP contribution is -2.36. The molecule has 2 aromatic rings. The molecular formula is C20H22N2O2. The number of hydrogen-bond acceptors (Lipinski definition) is 3. The van der Waals surface area contributed by atoms with Crippen LogP contribution in [0.2, 0.25) is 0 Å². The van der Waals surface area contributed by atoms with Gasteiger partial charge in [0.2, 0.25) is 0 Å². The largest absolute Gasteiger partial charge is 0.378 e. The van der Waals surface area contributed by atoms with Crippen molar-refractivity contribution >= 4 is 17.3 Å². The van der Waals surface area contributed by atoms with Crippen LogP contribution in [0.3, 0.4) is 0 Å². The van der Waals surface area contributed by atoms with Gasteiger partial charge in [-0.3, -0.25) is 4.79 Å². The highest BCUT2D eigenvalue weighted by atomic mass is 16.5. The maximum atomic E-state index is 12.6. The number of rotatable bonds is 3. The predicted octanol–water partition coefficient (Wildman–Crippen LogP) is 3.26. The molecule has 0 radical (unpaired) electrons. The first-order valence-electron chi connectivity index (χ1n) is 8.65. The van der Waals surface area contributed by atoms with Gasteiger partial charge in [-0.1, -0.05) is 12.1 Å². The van der Waals surface area contributed by atoms with Crippen LogP contribution in [-0.4, -0.2) is 32.2 Å². The number of amides is 1. The molecule has 0 spiro atoms. The molecule has 0 saturated carbocycles. The van der Waals surface area contributed by atoms with Crippen molar-refractivity contribution in [3.63, 3.8) is 0 Å². The summed E-state index contributed by atoms with van der Waals surface area (Å²) in [5.41, 5.74) is 5.45. The Hall–Kier alpha value is -2.33. The van der Waals surface area contributed by atoms with Crippen molar-refractivity contribution in [1.29, 1.82) is 0 Å². The van der Waals surface area contributed by atoms with Crippen LogP contribution in [0.1, 0.15) is 27.9 Å². The van der Waals surface area contributed by atoms with E-state index >= 15 is 0 Å². The fourth-order valence-corrected chi connectivity index (χ4v) is 3.52. The predicted molar refractivity (Wildman–Crippen MR) is 95.9 cm³/mol. The molecule has 4 nitrogen and oxygen atoms in total. The third-order valence-electron chi connectivity index (χ3n) is 4.84. The van der Waals surface area contributed by atoms with Crippen LogP contribution in [0.4, 0.5) is 11.4 Å². The molecule has 1 amide bonds. The van der Waals surface area contributed by atoms with Crippen LogP contribution in [-0.2, 0) is 17.6 Å². The second-order valence-electron chi connectivity index (χ2n) is 6.44. The van der Waals surface area contributed by atoms with Gasteiger partial charge >= 0.3 is 0 Å². The zero-order chi connectivity index (χ0) is 16.4. The van der Waals surface area contributed by atoms with Crippen LogP contribution in [0, 0.1) is 0 Å². The van der Waals surface area contributed by atoms with Crippen molar-refractivity contribution in [1.82, 2.24) is 0 Å². The van der Waals surface area contributed by atoms with Crippen LogP contribution in [0.15, 0.2) is 42.5 Å². The molecule has 2 aromatic carbocycles. The summed E-state index contributed by atoms with van der Waals surface area (Å²) in [6.07, 6.45) is 3.49. The molecule has 2 aliphatic rings. The molecular weight excluding hydrogens is 300 g/mol. The first-order valence-corrected chi connectivity index (χ1v) is 8.65. The number of morpholine rings is 1. The van der Waals surface area contributed by atoms with E-state index in [0.717, 1.165) is 50.5 Å². The van der Waals surface area contributed by atoms with E-state index in [2.05, 4.69) is 28.4 Å². The molecule has 1 N–H and O–H groups in total. The molecule has 1 aliphatic carbocycles. The molecule has 0 unspecified atom stereocenters. The molecule has 0 atom stereocenters. The second kappa shape index (κ2) is 6.65. The van der Waals surface area contributed by atoms with E-state index in [0.29, 0.717) is 5.56 Å². The summed E-state index contributed by atoms with van der Waals surface area (Å²) < 4.78 is 5.39. The van der Waals surface area contributed by atoms with Gasteiger partial charge in [0.1, 0.15) is 0 Å². The number of aryl methyl sites for hydroxylation is 2. The minimum absolute atomic E-state index is 0.0527. The summed E-state index contributed by atoms with van der Waals surface area (Å²) in [7, 11) is 0. The molecule has 1 heterocycles. The number of benzene rings is 2.